The third kappa shape index (κ3) is 3.28. The second-order valence-electron chi connectivity index (χ2n) is 4.22. The molecule has 100 valence electrons. The Hall–Kier alpha value is -1.52. The van der Waals surface area contributed by atoms with Gasteiger partial charge in [0.2, 0.25) is 0 Å². The molecule has 2 aromatic carbocycles. The fourth-order valence-corrected chi connectivity index (χ4v) is 2.09. The Morgan fingerprint density at radius 1 is 1.00 bits per heavy atom. The van der Waals surface area contributed by atoms with Crippen LogP contribution < -0.4 is 5.73 Å². The van der Waals surface area contributed by atoms with Crippen molar-refractivity contribution in [1.29, 1.82) is 0 Å². The predicted octanol–water partition coefficient (Wildman–Crippen LogP) is 4.00. The fraction of sp³-hybridized carbons (Fsp3) is 0.143. The van der Waals surface area contributed by atoms with Crippen LogP contribution in [0.2, 0.25) is 5.02 Å². The van der Waals surface area contributed by atoms with Crippen LogP contribution in [-0.2, 0) is 6.42 Å². The molecule has 0 aliphatic heterocycles. The van der Waals surface area contributed by atoms with E-state index < -0.39 is 23.5 Å². The van der Waals surface area contributed by atoms with Gasteiger partial charge in [-0.2, -0.15) is 0 Å². The first-order valence-electron chi connectivity index (χ1n) is 5.62. The van der Waals surface area contributed by atoms with E-state index in [-0.39, 0.29) is 6.42 Å². The minimum absolute atomic E-state index is 0.236. The molecule has 2 rings (SSSR count). The van der Waals surface area contributed by atoms with Gasteiger partial charge < -0.3 is 5.73 Å². The molecule has 0 aromatic heterocycles. The average Bonchev–Trinajstić information content (AvgIpc) is 2.36. The minimum Gasteiger partial charge on any atom is -0.324 e. The van der Waals surface area contributed by atoms with Crippen LogP contribution in [0.15, 0.2) is 36.4 Å². The molecule has 2 aromatic rings. The van der Waals surface area contributed by atoms with E-state index in [1.165, 1.54) is 24.3 Å². The fourth-order valence-electron chi connectivity index (χ4n) is 1.83. The third-order valence-electron chi connectivity index (χ3n) is 2.80. The predicted molar refractivity (Wildman–Crippen MR) is 68.4 cm³/mol. The monoisotopic (exact) mass is 285 g/mol. The molecular weight excluding hydrogens is 275 g/mol. The molecule has 5 heteroatoms. The van der Waals surface area contributed by atoms with Crippen LogP contribution in [0, 0.1) is 17.5 Å². The maximum absolute atomic E-state index is 13.1. The molecule has 19 heavy (non-hydrogen) atoms. The van der Waals surface area contributed by atoms with E-state index in [0.29, 0.717) is 16.1 Å². The second-order valence-corrected chi connectivity index (χ2v) is 4.63. The van der Waals surface area contributed by atoms with Crippen molar-refractivity contribution in [3.05, 3.63) is 70.0 Å². The zero-order chi connectivity index (χ0) is 14.0. The average molecular weight is 286 g/mol. The van der Waals surface area contributed by atoms with Gasteiger partial charge in [-0.15, -0.1) is 0 Å². The zero-order valence-electron chi connectivity index (χ0n) is 9.84. The van der Waals surface area contributed by atoms with Crippen molar-refractivity contribution < 1.29 is 13.2 Å². The second kappa shape index (κ2) is 5.63. The summed E-state index contributed by atoms with van der Waals surface area (Å²) in [6.45, 7) is 0. The number of nitrogens with two attached hydrogens (primary N) is 1. The third-order valence-corrected chi connectivity index (χ3v) is 3.14. The lowest BCUT2D eigenvalue weighted by Gasteiger charge is -2.14. The van der Waals surface area contributed by atoms with Crippen LogP contribution in [0.25, 0.3) is 0 Å². The van der Waals surface area contributed by atoms with Gasteiger partial charge in [-0.1, -0.05) is 17.7 Å². The first kappa shape index (κ1) is 13.9. The Balaban J connectivity index is 2.22. The van der Waals surface area contributed by atoms with Crippen molar-refractivity contribution >= 4 is 11.6 Å². The highest BCUT2D eigenvalue weighted by Crippen LogP contribution is 2.25. The molecule has 1 nitrogen and oxygen atoms in total. The zero-order valence-corrected chi connectivity index (χ0v) is 10.6. The summed E-state index contributed by atoms with van der Waals surface area (Å²) in [6.07, 6.45) is 0.236. The Labute approximate surface area is 113 Å². The largest absolute Gasteiger partial charge is 0.324 e. The van der Waals surface area contributed by atoms with Crippen LogP contribution in [0.4, 0.5) is 13.2 Å². The molecule has 0 amide bonds. The number of rotatable bonds is 3. The molecule has 0 spiro atoms. The lowest BCUT2D eigenvalue weighted by Crippen LogP contribution is -2.14. The summed E-state index contributed by atoms with van der Waals surface area (Å²) < 4.78 is 39.0. The lowest BCUT2D eigenvalue weighted by atomic mass is 9.99. The highest BCUT2D eigenvalue weighted by atomic mass is 35.5. The van der Waals surface area contributed by atoms with Crippen molar-refractivity contribution in [1.82, 2.24) is 0 Å². The Kier molecular flexibility index (Phi) is 4.12. The topological polar surface area (TPSA) is 26.0 Å². The van der Waals surface area contributed by atoms with Crippen molar-refractivity contribution in [3.63, 3.8) is 0 Å². The molecule has 0 radical (unpaired) electrons. The van der Waals surface area contributed by atoms with Crippen molar-refractivity contribution in [2.75, 3.05) is 0 Å². The van der Waals surface area contributed by atoms with Crippen LogP contribution in [0.5, 0.6) is 0 Å². The van der Waals surface area contributed by atoms with Gasteiger partial charge in [-0.25, -0.2) is 13.2 Å². The van der Waals surface area contributed by atoms with E-state index in [1.807, 2.05) is 0 Å². The Morgan fingerprint density at radius 3 is 2.42 bits per heavy atom. The summed E-state index contributed by atoms with van der Waals surface area (Å²) in [6, 6.07) is 6.84. The summed E-state index contributed by atoms with van der Waals surface area (Å²) in [5, 5.41) is 0.344. The number of halogens is 4. The highest BCUT2D eigenvalue weighted by molar-refractivity contribution is 6.31. The minimum atomic E-state index is -0.935. The Morgan fingerprint density at radius 2 is 1.74 bits per heavy atom. The van der Waals surface area contributed by atoms with E-state index in [1.54, 1.807) is 0 Å². The van der Waals surface area contributed by atoms with Gasteiger partial charge in [0.05, 0.1) is 0 Å². The van der Waals surface area contributed by atoms with Gasteiger partial charge in [0.25, 0.3) is 0 Å². The van der Waals surface area contributed by atoms with Crippen molar-refractivity contribution in [2.45, 2.75) is 12.5 Å². The molecule has 0 heterocycles. The van der Waals surface area contributed by atoms with Crippen LogP contribution in [-0.4, -0.2) is 0 Å². The van der Waals surface area contributed by atoms with E-state index in [2.05, 4.69) is 0 Å². The van der Waals surface area contributed by atoms with Gasteiger partial charge in [0, 0.05) is 11.1 Å². The molecule has 0 aliphatic carbocycles. The summed E-state index contributed by atoms with van der Waals surface area (Å²) >= 11 is 5.93. The van der Waals surface area contributed by atoms with E-state index in [9.17, 15) is 13.2 Å². The molecule has 1 atom stereocenters. The standard InChI is InChI=1S/C14H11ClF3N/c15-11-3-2-9(16)7-10(11)14(19)6-8-1-4-12(17)13(18)5-8/h1-5,7,14H,6,19H2. The van der Waals surface area contributed by atoms with Crippen LogP contribution >= 0.6 is 11.6 Å². The summed E-state index contributed by atoms with van der Waals surface area (Å²) in [5.74, 6) is -2.30. The van der Waals surface area contributed by atoms with Crippen LogP contribution in [0.1, 0.15) is 17.2 Å². The van der Waals surface area contributed by atoms with Gasteiger partial charge in [-0.05, 0) is 47.9 Å². The first-order valence-corrected chi connectivity index (χ1v) is 5.99. The number of hydrogen-bond acceptors (Lipinski definition) is 1. The number of hydrogen-bond donors (Lipinski definition) is 1. The molecule has 0 fully saturated rings. The molecule has 0 aliphatic rings. The lowest BCUT2D eigenvalue weighted by molar-refractivity contribution is 0.506. The van der Waals surface area contributed by atoms with E-state index in [4.69, 9.17) is 17.3 Å². The smallest absolute Gasteiger partial charge is 0.159 e. The summed E-state index contributed by atoms with van der Waals surface area (Å²) in [7, 11) is 0. The van der Waals surface area contributed by atoms with Gasteiger partial charge in [-0.3, -0.25) is 0 Å². The summed E-state index contributed by atoms with van der Waals surface area (Å²) in [4.78, 5) is 0. The van der Waals surface area contributed by atoms with Crippen LogP contribution in [0.3, 0.4) is 0 Å². The highest BCUT2D eigenvalue weighted by Gasteiger charge is 2.13. The summed E-state index contributed by atoms with van der Waals surface area (Å²) in [5.41, 5.74) is 6.87. The first-order chi connectivity index (χ1) is 8.97. The SMILES string of the molecule is NC(Cc1ccc(F)c(F)c1)c1cc(F)ccc1Cl. The molecule has 0 saturated heterocycles. The normalized spacial score (nSPS) is 12.5. The van der Waals surface area contributed by atoms with Gasteiger partial charge in [0.15, 0.2) is 11.6 Å². The Bertz CT molecular complexity index is 601. The van der Waals surface area contributed by atoms with Crippen molar-refractivity contribution in [3.8, 4) is 0 Å². The maximum Gasteiger partial charge on any atom is 0.159 e. The molecule has 0 bridgehead atoms. The van der Waals surface area contributed by atoms with Gasteiger partial charge in [0.1, 0.15) is 5.82 Å². The van der Waals surface area contributed by atoms with E-state index in [0.717, 1.165) is 12.1 Å². The van der Waals surface area contributed by atoms with Gasteiger partial charge >= 0.3 is 0 Å². The molecule has 1 unspecified atom stereocenters. The van der Waals surface area contributed by atoms with Crippen molar-refractivity contribution in [2.24, 2.45) is 5.73 Å². The number of benzene rings is 2. The molecule has 0 saturated carbocycles. The maximum atomic E-state index is 13.1. The van der Waals surface area contributed by atoms with E-state index >= 15 is 0 Å². The molecule has 2 N–H and O–H groups in total. The molecular formula is C14H11ClF3N. The quantitative estimate of drug-likeness (QED) is 0.906.